The van der Waals surface area contributed by atoms with Crippen LogP contribution in [-0.4, -0.2) is 11.7 Å². The summed E-state index contributed by atoms with van der Waals surface area (Å²) in [5.41, 5.74) is 3.25. The molecule has 2 rings (SSSR count). The van der Waals surface area contributed by atoms with Crippen molar-refractivity contribution in [2.45, 2.75) is 19.6 Å². The number of carbonyl (C=O) groups is 1. The molecule has 0 saturated carbocycles. The summed E-state index contributed by atoms with van der Waals surface area (Å²) in [5, 5.41) is 5.04. The largest absolute Gasteiger partial charge is 0.325 e. The Morgan fingerprint density at radius 2 is 2.11 bits per heavy atom. The van der Waals surface area contributed by atoms with Crippen LogP contribution in [-0.2, 0) is 10.5 Å². The second kappa shape index (κ2) is 6.78. The number of hydrogen-bond donors (Lipinski definition) is 1. The Morgan fingerprint density at radius 3 is 2.84 bits per heavy atom. The zero-order valence-electron chi connectivity index (χ0n) is 11.1. The number of amides is 1. The average Bonchev–Trinajstić information content (AvgIpc) is 2.88. The summed E-state index contributed by atoms with van der Waals surface area (Å²) in [4.78, 5) is 13.2. The monoisotopic (exact) mass is 291 g/mol. The van der Waals surface area contributed by atoms with Crippen molar-refractivity contribution < 1.29 is 4.79 Å². The molecule has 100 valence electrons. The van der Waals surface area contributed by atoms with Crippen LogP contribution in [0, 0.1) is 13.8 Å². The van der Waals surface area contributed by atoms with Gasteiger partial charge in [0, 0.05) is 16.3 Å². The fraction of sp³-hybridized carbons (Fsp3) is 0.267. The van der Waals surface area contributed by atoms with Crippen molar-refractivity contribution in [3.05, 3.63) is 51.7 Å². The number of thioether (sulfide) groups is 1. The van der Waals surface area contributed by atoms with Gasteiger partial charge in [-0.1, -0.05) is 18.2 Å². The van der Waals surface area contributed by atoms with Gasteiger partial charge in [0.25, 0.3) is 0 Å². The van der Waals surface area contributed by atoms with Gasteiger partial charge >= 0.3 is 0 Å². The smallest absolute Gasteiger partial charge is 0.234 e. The van der Waals surface area contributed by atoms with E-state index in [1.165, 1.54) is 10.4 Å². The van der Waals surface area contributed by atoms with Crippen LogP contribution in [0.3, 0.4) is 0 Å². The first-order valence-electron chi connectivity index (χ1n) is 6.13. The third kappa shape index (κ3) is 4.11. The SMILES string of the molecule is Cc1cccc(NC(=O)CSCc2cccs2)c1C. The van der Waals surface area contributed by atoms with E-state index in [1.54, 1.807) is 23.1 Å². The van der Waals surface area contributed by atoms with Crippen molar-refractivity contribution in [1.82, 2.24) is 0 Å². The molecular formula is C15H17NOS2. The number of hydrogen-bond acceptors (Lipinski definition) is 3. The van der Waals surface area contributed by atoms with E-state index in [1.807, 2.05) is 25.1 Å². The number of aryl methyl sites for hydroxylation is 1. The summed E-state index contributed by atoms with van der Waals surface area (Å²) in [6.07, 6.45) is 0. The molecule has 0 radical (unpaired) electrons. The molecule has 1 heterocycles. The van der Waals surface area contributed by atoms with Crippen LogP contribution >= 0.6 is 23.1 Å². The molecule has 1 N–H and O–H groups in total. The van der Waals surface area contributed by atoms with Crippen molar-refractivity contribution in [3.8, 4) is 0 Å². The average molecular weight is 291 g/mol. The quantitative estimate of drug-likeness (QED) is 0.893. The first kappa shape index (κ1) is 14.2. The first-order valence-corrected chi connectivity index (χ1v) is 8.16. The van der Waals surface area contributed by atoms with Gasteiger partial charge < -0.3 is 5.32 Å². The molecule has 1 amide bonds. The maximum atomic E-state index is 11.9. The molecular weight excluding hydrogens is 274 g/mol. The number of carbonyl (C=O) groups excluding carboxylic acids is 1. The third-order valence-electron chi connectivity index (χ3n) is 2.94. The van der Waals surface area contributed by atoms with Crippen LogP contribution in [0.1, 0.15) is 16.0 Å². The summed E-state index contributed by atoms with van der Waals surface area (Å²) in [5.74, 6) is 1.46. The lowest BCUT2D eigenvalue weighted by atomic mass is 10.1. The summed E-state index contributed by atoms with van der Waals surface area (Å²) < 4.78 is 0. The van der Waals surface area contributed by atoms with E-state index in [2.05, 4.69) is 29.8 Å². The minimum atomic E-state index is 0.0651. The number of benzene rings is 1. The number of nitrogens with one attached hydrogen (secondary N) is 1. The van der Waals surface area contributed by atoms with E-state index in [9.17, 15) is 4.79 Å². The van der Waals surface area contributed by atoms with Crippen LogP contribution in [0.4, 0.5) is 5.69 Å². The van der Waals surface area contributed by atoms with Crippen molar-refractivity contribution in [2.75, 3.05) is 11.1 Å². The molecule has 0 spiro atoms. The molecule has 0 unspecified atom stereocenters. The van der Waals surface area contributed by atoms with Gasteiger partial charge in [-0.3, -0.25) is 4.79 Å². The minimum Gasteiger partial charge on any atom is -0.325 e. The van der Waals surface area contributed by atoms with Crippen molar-refractivity contribution >= 4 is 34.7 Å². The lowest BCUT2D eigenvalue weighted by Gasteiger charge is -2.10. The van der Waals surface area contributed by atoms with Crippen LogP contribution in [0.25, 0.3) is 0 Å². The molecule has 19 heavy (non-hydrogen) atoms. The highest BCUT2D eigenvalue weighted by atomic mass is 32.2. The van der Waals surface area contributed by atoms with E-state index in [0.717, 1.165) is 17.0 Å². The molecule has 1 aromatic carbocycles. The topological polar surface area (TPSA) is 29.1 Å². The predicted molar refractivity (Wildman–Crippen MR) is 85.0 cm³/mol. The molecule has 1 aromatic heterocycles. The van der Waals surface area contributed by atoms with Crippen LogP contribution in [0.15, 0.2) is 35.7 Å². The van der Waals surface area contributed by atoms with E-state index in [-0.39, 0.29) is 5.91 Å². The second-order valence-corrected chi connectivity index (χ2v) is 6.39. The molecule has 0 aliphatic carbocycles. The lowest BCUT2D eigenvalue weighted by molar-refractivity contribution is -0.113. The van der Waals surface area contributed by atoms with Gasteiger partial charge in [-0.15, -0.1) is 23.1 Å². The fourth-order valence-electron chi connectivity index (χ4n) is 1.71. The molecule has 0 atom stereocenters. The molecule has 2 nitrogen and oxygen atoms in total. The van der Waals surface area contributed by atoms with Crippen molar-refractivity contribution in [1.29, 1.82) is 0 Å². The van der Waals surface area contributed by atoms with Gasteiger partial charge in [-0.2, -0.15) is 0 Å². The summed E-state index contributed by atoms with van der Waals surface area (Å²) in [6, 6.07) is 10.1. The number of anilines is 1. The van der Waals surface area contributed by atoms with Gasteiger partial charge in [-0.25, -0.2) is 0 Å². The van der Waals surface area contributed by atoms with Gasteiger partial charge in [-0.05, 0) is 42.5 Å². The zero-order chi connectivity index (χ0) is 13.7. The lowest BCUT2D eigenvalue weighted by Crippen LogP contribution is -2.15. The van der Waals surface area contributed by atoms with Crippen LogP contribution < -0.4 is 5.32 Å². The third-order valence-corrected chi connectivity index (χ3v) is 4.98. The standard InChI is InChI=1S/C15H17NOS2/c1-11-5-3-7-14(12(11)2)16-15(17)10-18-9-13-6-4-8-19-13/h3-8H,9-10H2,1-2H3,(H,16,17). The second-order valence-electron chi connectivity index (χ2n) is 4.37. The van der Waals surface area contributed by atoms with Gasteiger partial charge in [0.15, 0.2) is 0 Å². The van der Waals surface area contributed by atoms with E-state index < -0.39 is 0 Å². The Hall–Kier alpha value is -1.26. The van der Waals surface area contributed by atoms with Crippen LogP contribution in [0.5, 0.6) is 0 Å². The predicted octanol–water partition coefficient (Wildman–Crippen LogP) is 4.24. The number of rotatable bonds is 5. The summed E-state index contributed by atoms with van der Waals surface area (Å²) in [7, 11) is 0. The first-order chi connectivity index (χ1) is 9.16. The van der Waals surface area contributed by atoms with Gasteiger partial charge in [0.05, 0.1) is 5.75 Å². The Bertz CT molecular complexity index is 549. The Labute approximate surface area is 122 Å². The minimum absolute atomic E-state index is 0.0651. The van der Waals surface area contributed by atoms with Crippen molar-refractivity contribution in [3.63, 3.8) is 0 Å². The number of thiophene rings is 1. The van der Waals surface area contributed by atoms with Crippen molar-refractivity contribution in [2.24, 2.45) is 0 Å². The Morgan fingerprint density at radius 1 is 1.26 bits per heavy atom. The van der Waals surface area contributed by atoms with E-state index >= 15 is 0 Å². The highest BCUT2D eigenvalue weighted by Gasteiger charge is 2.06. The van der Waals surface area contributed by atoms with Gasteiger partial charge in [0.1, 0.15) is 0 Å². The molecule has 0 aliphatic heterocycles. The maximum Gasteiger partial charge on any atom is 0.234 e. The van der Waals surface area contributed by atoms with E-state index in [0.29, 0.717) is 5.75 Å². The normalized spacial score (nSPS) is 10.4. The zero-order valence-corrected chi connectivity index (χ0v) is 12.7. The highest BCUT2D eigenvalue weighted by molar-refractivity contribution is 7.99. The van der Waals surface area contributed by atoms with E-state index in [4.69, 9.17) is 0 Å². The maximum absolute atomic E-state index is 11.9. The molecule has 0 fully saturated rings. The molecule has 0 saturated heterocycles. The molecule has 2 aromatic rings. The highest BCUT2D eigenvalue weighted by Crippen LogP contribution is 2.20. The Balaban J connectivity index is 1.82. The van der Waals surface area contributed by atoms with Gasteiger partial charge in [0.2, 0.25) is 5.91 Å². The summed E-state index contributed by atoms with van der Waals surface area (Å²) >= 11 is 3.38. The molecule has 0 aliphatic rings. The fourth-order valence-corrected chi connectivity index (χ4v) is 3.38. The molecule has 4 heteroatoms. The van der Waals surface area contributed by atoms with Crippen LogP contribution in [0.2, 0.25) is 0 Å². The Kier molecular flexibility index (Phi) is 5.05. The summed E-state index contributed by atoms with van der Waals surface area (Å²) in [6.45, 7) is 4.08. The molecule has 0 bridgehead atoms.